The van der Waals surface area contributed by atoms with Crippen LogP contribution in [0.25, 0.3) is 65.9 Å². The van der Waals surface area contributed by atoms with Crippen LogP contribution in [0.3, 0.4) is 0 Å². The first kappa shape index (κ1) is 22.5. The van der Waals surface area contributed by atoms with E-state index in [1.165, 1.54) is 86.9 Å². The molecule has 2 aliphatic rings. The summed E-state index contributed by atoms with van der Waals surface area (Å²) in [5.41, 5.74) is 7.86. The molecule has 0 aromatic heterocycles. The van der Waals surface area contributed by atoms with E-state index in [0.29, 0.717) is 11.7 Å². The van der Waals surface area contributed by atoms with E-state index in [1.54, 1.807) is 0 Å². The van der Waals surface area contributed by atoms with Gasteiger partial charge < -0.3 is 0 Å². The van der Waals surface area contributed by atoms with Crippen LogP contribution in [0, 0.1) is 0 Å². The standard InChI is InChI=1S/C39H26S/c40-22-23-19-30(32-15-11-28-9-7-24-3-1-5-26-13-17-34(32)38(28)36(24)26)21-31(20-23)33-16-12-29-10-8-25-4-2-6-27-14-18-35(33)39(29)37(25)27/h1-9,11-21,29,40H,10,22H2. The van der Waals surface area contributed by atoms with Crippen LogP contribution in [0.4, 0.5) is 0 Å². The number of thiol groups is 1. The van der Waals surface area contributed by atoms with Crippen LogP contribution in [0.5, 0.6) is 0 Å². The van der Waals surface area contributed by atoms with Gasteiger partial charge in [-0.2, -0.15) is 12.6 Å². The first-order valence-corrected chi connectivity index (χ1v) is 14.8. The Labute approximate surface area is 238 Å². The Morgan fingerprint density at radius 1 is 0.650 bits per heavy atom. The minimum absolute atomic E-state index is 0.447. The monoisotopic (exact) mass is 526 g/mol. The van der Waals surface area contributed by atoms with Gasteiger partial charge in [0.25, 0.3) is 0 Å². The smallest absolute Gasteiger partial charge is 0.0154 e. The highest BCUT2D eigenvalue weighted by atomic mass is 32.1. The minimum atomic E-state index is 0.447. The van der Waals surface area contributed by atoms with Gasteiger partial charge in [-0.05, 0) is 99.4 Å². The summed E-state index contributed by atoms with van der Waals surface area (Å²) in [6.07, 6.45) is 8.27. The van der Waals surface area contributed by atoms with E-state index in [2.05, 4.69) is 121 Å². The lowest BCUT2D eigenvalue weighted by molar-refractivity contribution is 0.875. The van der Waals surface area contributed by atoms with Crippen LogP contribution in [0.2, 0.25) is 0 Å². The fraction of sp³-hybridized carbons (Fsp3) is 0.0769. The largest absolute Gasteiger partial charge is 0.175 e. The van der Waals surface area contributed by atoms with Gasteiger partial charge in [0.05, 0.1) is 0 Å². The van der Waals surface area contributed by atoms with Crippen molar-refractivity contribution in [1.29, 1.82) is 0 Å². The average Bonchev–Trinajstić information content (AvgIpc) is 3.02. The molecule has 0 bridgehead atoms. The number of hydrogen-bond donors (Lipinski definition) is 1. The van der Waals surface area contributed by atoms with Crippen molar-refractivity contribution in [2.75, 3.05) is 0 Å². The second-order valence-electron chi connectivity index (χ2n) is 11.3. The van der Waals surface area contributed by atoms with E-state index in [1.807, 2.05) is 0 Å². The lowest BCUT2D eigenvalue weighted by atomic mass is 9.79. The molecule has 1 unspecified atom stereocenters. The number of allylic oxidation sites excluding steroid dienone is 2. The molecule has 40 heavy (non-hydrogen) atoms. The quantitative estimate of drug-likeness (QED) is 0.172. The summed E-state index contributed by atoms with van der Waals surface area (Å²) in [4.78, 5) is 0. The number of rotatable bonds is 3. The third kappa shape index (κ3) is 3.10. The van der Waals surface area contributed by atoms with Crippen LogP contribution >= 0.6 is 12.6 Å². The third-order valence-corrected chi connectivity index (χ3v) is 9.56. The molecule has 0 N–H and O–H groups in total. The van der Waals surface area contributed by atoms with E-state index in [4.69, 9.17) is 12.6 Å². The Morgan fingerprint density at radius 3 is 2.20 bits per heavy atom. The maximum absolute atomic E-state index is 4.74. The molecule has 0 radical (unpaired) electrons. The average molecular weight is 527 g/mol. The van der Waals surface area contributed by atoms with Gasteiger partial charge in [0.1, 0.15) is 0 Å². The zero-order valence-corrected chi connectivity index (χ0v) is 22.9. The van der Waals surface area contributed by atoms with E-state index >= 15 is 0 Å². The second kappa shape index (κ2) is 8.34. The highest BCUT2D eigenvalue weighted by Gasteiger charge is 2.22. The highest BCUT2D eigenvalue weighted by Crippen LogP contribution is 2.40. The van der Waals surface area contributed by atoms with Crippen LogP contribution in [0.1, 0.15) is 29.0 Å². The molecule has 0 heterocycles. The van der Waals surface area contributed by atoms with Crippen molar-refractivity contribution in [3.63, 3.8) is 0 Å². The molecule has 0 spiro atoms. The van der Waals surface area contributed by atoms with Crippen molar-refractivity contribution >= 4 is 67.4 Å². The van der Waals surface area contributed by atoms with Gasteiger partial charge in [-0.3, -0.25) is 0 Å². The van der Waals surface area contributed by atoms with E-state index < -0.39 is 0 Å². The fourth-order valence-electron chi connectivity index (χ4n) is 7.41. The number of benzene rings is 7. The first-order valence-electron chi connectivity index (χ1n) is 14.1. The van der Waals surface area contributed by atoms with Gasteiger partial charge in [0, 0.05) is 11.7 Å². The van der Waals surface area contributed by atoms with Crippen LogP contribution in [-0.2, 0) is 5.75 Å². The first-order chi connectivity index (χ1) is 19.8. The molecule has 0 saturated heterocycles. The van der Waals surface area contributed by atoms with Crippen LogP contribution in [0.15, 0.2) is 115 Å². The molecule has 9 rings (SSSR count). The molecule has 7 aromatic carbocycles. The van der Waals surface area contributed by atoms with Gasteiger partial charge in [0.15, 0.2) is 0 Å². The lowest BCUT2D eigenvalue weighted by Gasteiger charge is -2.25. The molecule has 2 aliphatic carbocycles. The molecule has 0 fully saturated rings. The van der Waals surface area contributed by atoms with Gasteiger partial charge in [-0.1, -0.05) is 115 Å². The Morgan fingerprint density at radius 2 is 1.35 bits per heavy atom. The molecule has 1 atom stereocenters. The van der Waals surface area contributed by atoms with E-state index in [0.717, 1.165) is 6.42 Å². The fourth-order valence-corrected chi connectivity index (χ4v) is 7.59. The Bertz CT molecular complexity index is 2320. The number of hydrogen-bond acceptors (Lipinski definition) is 1. The van der Waals surface area contributed by atoms with Crippen molar-refractivity contribution in [3.8, 4) is 11.1 Å². The second-order valence-corrected chi connectivity index (χ2v) is 11.7. The van der Waals surface area contributed by atoms with Gasteiger partial charge in [-0.15, -0.1) is 0 Å². The van der Waals surface area contributed by atoms with Crippen molar-refractivity contribution in [2.24, 2.45) is 0 Å². The molecule has 0 saturated carbocycles. The molecular formula is C39H26S. The summed E-state index contributed by atoms with van der Waals surface area (Å²) < 4.78 is 0. The predicted octanol–water partition coefficient (Wildman–Crippen LogP) is 8.87. The van der Waals surface area contributed by atoms with Gasteiger partial charge >= 0.3 is 0 Å². The molecule has 188 valence electrons. The maximum atomic E-state index is 4.74. The summed E-state index contributed by atoms with van der Waals surface area (Å²) in [6.45, 7) is 0. The van der Waals surface area contributed by atoms with Crippen molar-refractivity contribution in [3.05, 3.63) is 142 Å². The van der Waals surface area contributed by atoms with Crippen LogP contribution < -0.4 is 10.4 Å². The van der Waals surface area contributed by atoms with Crippen molar-refractivity contribution < 1.29 is 0 Å². The molecule has 1 heteroatoms. The van der Waals surface area contributed by atoms with Gasteiger partial charge in [-0.25, -0.2) is 0 Å². The minimum Gasteiger partial charge on any atom is -0.175 e. The summed E-state index contributed by atoms with van der Waals surface area (Å²) >= 11 is 4.74. The zero-order chi connectivity index (χ0) is 26.4. The summed E-state index contributed by atoms with van der Waals surface area (Å²) in [7, 11) is 0. The molecule has 7 aromatic rings. The molecule has 0 nitrogen and oxygen atoms in total. The normalized spacial score (nSPS) is 15.9. The molecule has 0 aliphatic heterocycles. The topological polar surface area (TPSA) is 0 Å². The summed E-state index contributed by atoms with van der Waals surface area (Å²) in [5, 5.41) is 13.5. The molecule has 0 amide bonds. The van der Waals surface area contributed by atoms with Gasteiger partial charge in [0.2, 0.25) is 0 Å². The molecular weight excluding hydrogens is 500 g/mol. The maximum Gasteiger partial charge on any atom is 0.0154 e. The Hall–Kier alpha value is -4.33. The van der Waals surface area contributed by atoms with Crippen molar-refractivity contribution in [2.45, 2.75) is 18.1 Å². The zero-order valence-electron chi connectivity index (χ0n) is 22.0. The van der Waals surface area contributed by atoms with E-state index in [9.17, 15) is 0 Å². The van der Waals surface area contributed by atoms with Crippen molar-refractivity contribution in [1.82, 2.24) is 0 Å². The Kier molecular flexibility index (Phi) is 4.68. The predicted molar refractivity (Wildman–Crippen MR) is 175 cm³/mol. The Balaban J connectivity index is 1.34. The highest BCUT2D eigenvalue weighted by molar-refractivity contribution is 7.79. The summed E-state index contributed by atoms with van der Waals surface area (Å²) in [6, 6.07) is 38.7. The third-order valence-electron chi connectivity index (χ3n) is 9.19. The lowest BCUT2D eigenvalue weighted by Crippen LogP contribution is -2.25. The SMILES string of the molecule is SCc1cc(C2=c3ccc4cccc5c4c3C(C=C2)CC=5)cc(-c2ccc3ccc4cccc5ccc2c3c45)c1. The van der Waals surface area contributed by atoms with E-state index in [-0.39, 0.29) is 0 Å². The summed E-state index contributed by atoms with van der Waals surface area (Å²) in [5.74, 6) is 1.15. The van der Waals surface area contributed by atoms with Crippen LogP contribution in [-0.4, -0.2) is 0 Å².